The van der Waals surface area contributed by atoms with Gasteiger partial charge in [-0.15, -0.1) is 0 Å². The van der Waals surface area contributed by atoms with Crippen molar-refractivity contribution in [3.63, 3.8) is 0 Å². The molecule has 0 unspecified atom stereocenters. The SMILES string of the molecule is C[C@H](NC(=O)O)C(=O)Nc1ccc(Oc2cccc3c2C2(CC2)CO3)nc1. The highest BCUT2D eigenvalue weighted by Crippen LogP contribution is 2.58. The maximum atomic E-state index is 11.9. The number of hydrogen-bond acceptors (Lipinski definition) is 5. The molecule has 1 atom stereocenters. The Balaban J connectivity index is 1.45. The molecule has 2 amide bonds. The van der Waals surface area contributed by atoms with E-state index in [1.165, 1.54) is 13.1 Å². The zero-order chi connectivity index (χ0) is 19.0. The minimum Gasteiger partial charge on any atom is -0.492 e. The second-order valence-corrected chi connectivity index (χ2v) is 6.85. The van der Waals surface area contributed by atoms with E-state index < -0.39 is 18.0 Å². The first-order chi connectivity index (χ1) is 13.0. The summed E-state index contributed by atoms with van der Waals surface area (Å²) < 4.78 is 11.7. The number of ether oxygens (including phenoxy) is 2. The maximum absolute atomic E-state index is 11.9. The second-order valence-electron chi connectivity index (χ2n) is 6.85. The van der Waals surface area contributed by atoms with Gasteiger partial charge in [-0.1, -0.05) is 6.07 Å². The van der Waals surface area contributed by atoms with Crippen molar-refractivity contribution in [2.24, 2.45) is 0 Å². The van der Waals surface area contributed by atoms with Crippen LogP contribution in [0.1, 0.15) is 25.3 Å². The third-order valence-corrected chi connectivity index (χ3v) is 4.83. The number of aromatic nitrogens is 1. The molecule has 4 rings (SSSR count). The molecule has 1 aliphatic carbocycles. The van der Waals surface area contributed by atoms with Gasteiger partial charge in [0.05, 0.1) is 18.5 Å². The van der Waals surface area contributed by atoms with Crippen molar-refractivity contribution in [1.82, 2.24) is 10.3 Å². The van der Waals surface area contributed by atoms with Gasteiger partial charge in [-0.25, -0.2) is 9.78 Å². The van der Waals surface area contributed by atoms with Gasteiger partial charge in [0, 0.05) is 17.0 Å². The highest BCUT2D eigenvalue weighted by Gasteiger charge is 2.52. The van der Waals surface area contributed by atoms with Crippen LogP contribution in [0.4, 0.5) is 10.5 Å². The Labute approximate surface area is 155 Å². The van der Waals surface area contributed by atoms with Gasteiger partial charge in [0.1, 0.15) is 17.5 Å². The molecule has 27 heavy (non-hydrogen) atoms. The predicted molar refractivity (Wildman–Crippen MR) is 96.4 cm³/mol. The van der Waals surface area contributed by atoms with Crippen molar-refractivity contribution in [2.45, 2.75) is 31.2 Å². The number of hydrogen-bond donors (Lipinski definition) is 3. The number of pyridine rings is 1. The van der Waals surface area contributed by atoms with E-state index >= 15 is 0 Å². The molecule has 2 aromatic rings. The Hall–Kier alpha value is -3.29. The van der Waals surface area contributed by atoms with Crippen LogP contribution in [0, 0.1) is 0 Å². The lowest BCUT2D eigenvalue weighted by atomic mass is 9.97. The van der Waals surface area contributed by atoms with Crippen LogP contribution in [0.2, 0.25) is 0 Å². The lowest BCUT2D eigenvalue weighted by molar-refractivity contribution is -0.117. The molecule has 1 aromatic carbocycles. The standard InChI is InChI=1S/C19H19N3O5/c1-11(21-18(24)25)17(23)22-12-5-6-15(20-9-12)27-14-4-2-3-13-16(14)19(7-8-19)10-26-13/h2-6,9,11,21H,7-8,10H2,1H3,(H,22,23)(H,24,25)/t11-/m0/s1. The quantitative estimate of drug-likeness (QED) is 0.748. The van der Waals surface area contributed by atoms with Crippen molar-refractivity contribution < 1.29 is 24.2 Å². The summed E-state index contributed by atoms with van der Waals surface area (Å²) in [6, 6.07) is 8.18. The summed E-state index contributed by atoms with van der Waals surface area (Å²) in [5.74, 6) is 1.54. The van der Waals surface area contributed by atoms with Crippen LogP contribution < -0.4 is 20.1 Å². The van der Waals surface area contributed by atoms with E-state index in [1.807, 2.05) is 18.2 Å². The summed E-state index contributed by atoms with van der Waals surface area (Å²) in [4.78, 5) is 26.7. The molecule has 8 nitrogen and oxygen atoms in total. The summed E-state index contributed by atoms with van der Waals surface area (Å²) in [5, 5.41) is 13.3. The fourth-order valence-corrected chi connectivity index (χ4v) is 3.20. The molecular weight excluding hydrogens is 350 g/mol. The van der Waals surface area contributed by atoms with Gasteiger partial charge in [0.25, 0.3) is 0 Å². The zero-order valence-corrected chi connectivity index (χ0v) is 14.7. The molecule has 1 spiro atoms. The number of fused-ring (bicyclic) bond motifs is 2. The Bertz CT molecular complexity index is 893. The largest absolute Gasteiger partial charge is 0.492 e. The zero-order valence-electron chi connectivity index (χ0n) is 14.7. The lowest BCUT2D eigenvalue weighted by Crippen LogP contribution is -2.40. The van der Waals surface area contributed by atoms with Crippen LogP contribution in [-0.4, -0.2) is 34.7 Å². The summed E-state index contributed by atoms with van der Waals surface area (Å²) in [6.45, 7) is 2.16. The Kier molecular flexibility index (Phi) is 4.10. The average Bonchev–Trinajstić information content (AvgIpc) is 3.31. The molecule has 1 saturated carbocycles. The van der Waals surface area contributed by atoms with E-state index in [1.54, 1.807) is 12.1 Å². The fraction of sp³-hybridized carbons (Fsp3) is 0.316. The minimum atomic E-state index is -1.26. The van der Waals surface area contributed by atoms with E-state index in [0.717, 1.165) is 29.9 Å². The van der Waals surface area contributed by atoms with Crippen molar-refractivity contribution in [3.05, 3.63) is 42.1 Å². The number of anilines is 1. The maximum Gasteiger partial charge on any atom is 0.405 e. The van der Waals surface area contributed by atoms with Gasteiger partial charge in [0.2, 0.25) is 11.8 Å². The minimum absolute atomic E-state index is 0.0904. The number of carbonyl (C=O) groups excluding carboxylic acids is 1. The third kappa shape index (κ3) is 3.38. The van der Waals surface area contributed by atoms with E-state index in [2.05, 4.69) is 15.6 Å². The van der Waals surface area contributed by atoms with Gasteiger partial charge >= 0.3 is 6.09 Å². The highest BCUT2D eigenvalue weighted by atomic mass is 16.5. The van der Waals surface area contributed by atoms with Crippen molar-refractivity contribution >= 4 is 17.7 Å². The fourth-order valence-electron chi connectivity index (χ4n) is 3.20. The monoisotopic (exact) mass is 369 g/mol. The summed E-state index contributed by atoms with van der Waals surface area (Å²) in [6.07, 6.45) is 2.41. The van der Waals surface area contributed by atoms with Gasteiger partial charge in [0.15, 0.2) is 0 Å². The molecule has 2 aliphatic rings. The van der Waals surface area contributed by atoms with Crippen LogP contribution in [0.5, 0.6) is 17.4 Å². The molecule has 1 fully saturated rings. The van der Waals surface area contributed by atoms with Crippen LogP contribution in [0.3, 0.4) is 0 Å². The molecule has 140 valence electrons. The molecule has 8 heteroatoms. The van der Waals surface area contributed by atoms with Gasteiger partial charge in [-0.3, -0.25) is 4.79 Å². The number of rotatable bonds is 5. The highest BCUT2D eigenvalue weighted by molar-refractivity contribution is 5.95. The number of carbonyl (C=O) groups is 2. The Morgan fingerprint density at radius 2 is 2.11 bits per heavy atom. The number of benzene rings is 1. The molecule has 0 radical (unpaired) electrons. The average molecular weight is 369 g/mol. The topological polar surface area (TPSA) is 110 Å². The van der Waals surface area contributed by atoms with Crippen molar-refractivity contribution in [3.8, 4) is 17.4 Å². The van der Waals surface area contributed by atoms with Crippen LogP contribution in [0.25, 0.3) is 0 Å². The Morgan fingerprint density at radius 3 is 2.78 bits per heavy atom. The van der Waals surface area contributed by atoms with Gasteiger partial charge in [-0.05, 0) is 38.0 Å². The Morgan fingerprint density at radius 1 is 1.30 bits per heavy atom. The molecule has 1 aromatic heterocycles. The van der Waals surface area contributed by atoms with E-state index in [4.69, 9.17) is 14.6 Å². The predicted octanol–water partition coefficient (Wildman–Crippen LogP) is 2.89. The van der Waals surface area contributed by atoms with Crippen molar-refractivity contribution in [2.75, 3.05) is 11.9 Å². The summed E-state index contributed by atoms with van der Waals surface area (Å²) in [5.41, 5.74) is 1.65. The lowest BCUT2D eigenvalue weighted by Gasteiger charge is -2.13. The number of carboxylic acid groups (broad SMARTS) is 1. The second kappa shape index (κ2) is 6.46. The van der Waals surface area contributed by atoms with E-state index in [-0.39, 0.29) is 5.41 Å². The number of amides is 2. The summed E-state index contributed by atoms with van der Waals surface area (Å²) >= 11 is 0. The molecule has 0 bridgehead atoms. The molecule has 2 heterocycles. The first-order valence-electron chi connectivity index (χ1n) is 8.67. The first-order valence-corrected chi connectivity index (χ1v) is 8.67. The normalized spacial score (nSPS) is 16.8. The number of nitrogens with one attached hydrogen (secondary N) is 2. The molecule has 3 N–H and O–H groups in total. The van der Waals surface area contributed by atoms with Crippen molar-refractivity contribution in [1.29, 1.82) is 0 Å². The van der Waals surface area contributed by atoms with Crippen LogP contribution >= 0.6 is 0 Å². The number of nitrogens with zero attached hydrogens (tertiary/aromatic N) is 1. The summed E-state index contributed by atoms with van der Waals surface area (Å²) in [7, 11) is 0. The molecule has 0 saturated heterocycles. The molecule has 1 aliphatic heterocycles. The van der Waals surface area contributed by atoms with Crippen LogP contribution in [-0.2, 0) is 10.2 Å². The third-order valence-electron chi connectivity index (χ3n) is 4.83. The van der Waals surface area contributed by atoms with E-state index in [9.17, 15) is 9.59 Å². The molecular formula is C19H19N3O5. The van der Waals surface area contributed by atoms with Gasteiger partial charge in [-0.2, -0.15) is 0 Å². The van der Waals surface area contributed by atoms with Gasteiger partial charge < -0.3 is 25.2 Å². The van der Waals surface area contributed by atoms with E-state index in [0.29, 0.717) is 18.2 Å². The smallest absolute Gasteiger partial charge is 0.405 e. The first kappa shape index (κ1) is 17.1. The van der Waals surface area contributed by atoms with Crippen LogP contribution in [0.15, 0.2) is 36.5 Å².